The molecule has 2 aromatic carbocycles. The van der Waals surface area contributed by atoms with Gasteiger partial charge in [0.1, 0.15) is 6.61 Å². The largest absolute Gasteiger partial charge is 0.485 e. The van der Waals surface area contributed by atoms with Gasteiger partial charge in [-0.05, 0) is 24.3 Å². The molecule has 2 aliphatic rings. The summed E-state index contributed by atoms with van der Waals surface area (Å²) in [5.41, 5.74) is 0.924. The molecule has 8 nitrogen and oxygen atoms in total. The molecule has 2 aromatic rings. The second kappa shape index (κ2) is 8.44. The summed E-state index contributed by atoms with van der Waals surface area (Å²) in [7, 11) is 0. The number of nitrogens with zero attached hydrogens (tertiary/aromatic N) is 2. The second-order valence-corrected chi connectivity index (χ2v) is 7.21. The fraction of sp³-hybridized carbons (Fsp3) is 0.318. The number of amides is 3. The van der Waals surface area contributed by atoms with E-state index in [0.717, 1.165) is 0 Å². The van der Waals surface area contributed by atoms with E-state index in [1.54, 1.807) is 46.2 Å². The maximum Gasteiger partial charge on any atom is 0.267 e. The lowest BCUT2D eigenvalue weighted by molar-refractivity contribution is -0.142. The van der Waals surface area contributed by atoms with Crippen LogP contribution in [0.3, 0.4) is 0 Å². The Labute approximate surface area is 174 Å². The Balaban J connectivity index is 1.37. The molecule has 4 rings (SSSR count). The van der Waals surface area contributed by atoms with Crippen LogP contribution in [0.1, 0.15) is 17.3 Å². The molecule has 156 valence electrons. The molecular formula is C22H23N3O5. The molecule has 1 atom stereocenters. The van der Waals surface area contributed by atoms with Crippen molar-refractivity contribution < 1.29 is 23.9 Å². The van der Waals surface area contributed by atoms with Gasteiger partial charge in [0, 0.05) is 33.1 Å². The van der Waals surface area contributed by atoms with Gasteiger partial charge in [0.05, 0.1) is 11.3 Å². The Morgan fingerprint density at radius 1 is 0.900 bits per heavy atom. The SMILES string of the molecule is CC(=O)Nc1ccccc1C(=O)N1CCN(C(=O)C2COc3ccccc3O2)CC1. The van der Waals surface area contributed by atoms with Gasteiger partial charge >= 0.3 is 0 Å². The Bertz CT molecular complexity index is 969. The number of anilines is 1. The Kier molecular flexibility index (Phi) is 5.56. The van der Waals surface area contributed by atoms with Crippen molar-refractivity contribution in [2.75, 3.05) is 38.1 Å². The van der Waals surface area contributed by atoms with E-state index in [0.29, 0.717) is 48.9 Å². The summed E-state index contributed by atoms with van der Waals surface area (Å²) in [6.45, 7) is 3.20. The van der Waals surface area contributed by atoms with Gasteiger partial charge in [0.15, 0.2) is 11.5 Å². The van der Waals surface area contributed by atoms with Crippen LogP contribution in [0.25, 0.3) is 0 Å². The second-order valence-electron chi connectivity index (χ2n) is 7.21. The summed E-state index contributed by atoms with van der Waals surface area (Å²) >= 11 is 0. The first kappa shape index (κ1) is 19.8. The van der Waals surface area contributed by atoms with Gasteiger partial charge in [-0.2, -0.15) is 0 Å². The molecule has 8 heteroatoms. The first-order chi connectivity index (χ1) is 14.5. The molecule has 0 saturated carbocycles. The quantitative estimate of drug-likeness (QED) is 0.835. The van der Waals surface area contributed by atoms with Gasteiger partial charge in [0.25, 0.3) is 11.8 Å². The van der Waals surface area contributed by atoms with Crippen molar-refractivity contribution in [2.45, 2.75) is 13.0 Å². The van der Waals surface area contributed by atoms with Gasteiger partial charge < -0.3 is 24.6 Å². The molecule has 0 aliphatic carbocycles. The molecule has 1 saturated heterocycles. The number of hydrogen-bond acceptors (Lipinski definition) is 5. The molecule has 1 fully saturated rings. The fourth-order valence-corrected chi connectivity index (χ4v) is 3.61. The highest BCUT2D eigenvalue weighted by molar-refractivity contribution is 6.03. The lowest BCUT2D eigenvalue weighted by Crippen LogP contribution is -2.55. The predicted molar refractivity (Wildman–Crippen MR) is 110 cm³/mol. The van der Waals surface area contributed by atoms with Crippen LogP contribution >= 0.6 is 0 Å². The number of piperazine rings is 1. The molecule has 1 N–H and O–H groups in total. The third kappa shape index (κ3) is 4.07. The molecule has 2 heterocycles. The zero-order valence-corrected chi connectivity index (χ0v) is 16.7. The summed E-state index contributed by atoms with van der Waals surface area (Å²) in [5.74, 6) is 0.648. The molecule has 0 radical (unpaired) electrons. The maximum absolute atomic E-state index is 12.9. The van der Waals surface area contributed by atoms with E-state index in [1.807, 2.05) is 12.1 Å². The van der Waals surface area contributed by atoms with E-state index in [4.69, 9.17) is 9.47 Å². The minimum absolute atomic E-state index is 0.143. The highest BCUT2D eigenvalue weighted by atomic mass is 16.6. The first-order valence-electron chi connectivity index (χ1n) is 9.86. The third-order valence-corrected chi connectivity index (χ3v) is 5.13. The van der Waals surface area contributed by atoms with E-state index in [9.17, 15) is 14.4 Å². The predicted octanol–water partition coefficient (Wildman–Crippen LogP) is 1.77. The highest BCUT2D eigenvalue weighted by Crippen LogP contribution is 2.31. The normalized spacial score (nSPS) is 18.0. The van der Waals surface area contributed by atoms with Gasteiger partial charge in [0.2, 0.25) is 12.0 Å². The molecule has 3 amide bonds. The van der Waals surface area contributed by atoms with Crippen LogP contribution in [0.4, 0.5) is 5.69 Å². The highest BCUT2D eigenvalue weighted by Gasteiger charge is 2.33. The number of carbonyl (C=O) groups excluding carboxylic acids is 3. The third-order valence-electron chi connectivity index (χ3n) is 5.13. The van der Waals surface area contributed by atoms with Crippen LogP contribution in [-0.4, -0.2) is 66.4 Å². The monoisotopic (exact) mass is 409 g/mol. The average molecular weight is 409 g/mol. The molecule has 1 unspecified atom stereocenters. The number of carbonyl (C=O) groups is 3. The van der Waals surface area contributed by atoms with E-state index in [1.165, 1.54) is 6.92 Å². The van der Waals surface area contributed by atoms with Crippen LogP contribution in [0, 0.1) is 0 Å². The van der Waals surface area contributed by atoms with E-state index < -0.39 is 6.10 Å². The Morgan fingerprint density at radius 2 is 1.53 bits per heavy atom. The van der Waals surface area contributed by atoms with Crippen molar-refractivity contribution in [3.63, 3.8) is 0 Å². The first-order valence-corrected chi connectivity index (χ1v) is 9.86. The van der Waals surface area contributed by atoms with Crippen molar-refractivity contribution in [2.24, 2.45) is 0 Å². The number of ether oxygens (including phenoxy) is 2. The Hall–Kier alpha value is -3.55. The number of benzene rings is 2. The smallest absolute Gasteiger partial charge is 0.267 e. The van der Waals surface area contributed by atoms with Crippen LogP contribution in [0.5, 0.6) is 11.5 Å². The number of rotatable bonds is 3. The van der Waals surface area contributed by atoms with Gasteiger partial charge in [-0.25, -0.2) is 0 Å². The molecule has 2 aliphatic heterocycles. The summed E-state index contributed by atoms with van der Waals surface area (Å²) < 4.78 is 11.4. The van der Waals surface area contributed by atoms with Crippen LogP contribution < -0.4 is 14.8 Å². The minimum Gasteiger partial charge on any atom is -0.485 e. The Morgan fingerprint density at radius 3 is 2.27 bits per heavy atom. The van der Waals surface area contributed by atoms with Gasteiger partial charge in [-0.3, -0.25) is 14.4 Å². The summed E-state index contributed by atoms with van der Waals surface area (Å²) in [6, 6.07) is 14.2. The molecule has 30 heavy (non-hydrogen) atoms. The summed E-state index contributed by atoms with van der Waals surface area (Å²) in [6.07, 6.45) is -0.692. The van der Waals surface area contributed by atoms with Crippen molar-refractivity contribution in [3.8, 4) is 11.5 Å². The van der Waals surface area contributed by atoms with E-state index in [-0.39, 0.29) is 24.3 Å². The van der Waals surface area contributed by atoms with Crippen molar-refractivity contribution in [1.29, 1.82) is 0 Å². The van der Waals surface area contributed by atoms with Gasteiger partial charge in [-0.1, -0.05) is 24.3 Å². The lowest BCUT2D eigenvalue weighted by Gasteiger charge is -2.37. The number of para-hydroxylation sites is 3. The van der Waals surface area contributed by atoms with Crippen LogP contribution in [-0.2, 0) is 9.59 Å². The lowest BCUT2D eigenvalue weighted by atomic mass is 10.1. The number of hydrogen-bond donors (Lipinski definition) is 1. The minimum atomic E-state index is -0.692. The average Bonchev–Trinajstić information content (AvgIpc) is 2.78. The van der Waals surface area contributed by atoms with Crippen molar-refractivity contribution >= 4 is 23.4 Å². The van der Waals surface area contributed by atoms with Crippen molar-refractivity contribution in [3.05, 3.63) is 54.1 Å². The summed E-state index contributed by atoms with van der Waals surface area (Å²) in [5, 5.41) is 2.69. The van der Waals surface area contributed by atoms with Crippen molar-refractivity contribution in [1.82, 2.24) is 9.80 Å². The molecule has 0 spiro atoms. The molecule has 0 aromatic heterocycles. The summed E-state index contributed by atoms with van der Waals surface area (Å²) in [4.78, 5) is 40.6. The van der Waals surface area contributed by atoms with Gasteiger partial charge in [-0.15, -0.1) is 0 Å². The van der Waals surface area contributed by atoms with Crippen LogP contribution in [0.2, 0.25) is 0 Å². The number of fused-ring (bicyclic) bond motifs is 1. The van der Waals surface area contributed by atoms with E-state index in [2.05, 4.69) is 5.32 Å². The standard InChI is InChI=1S/C22H23N3O5/c1-15(26)23-17-7-3-2-6-16(17)21(27)24-10-12-25(13-11-24)22(28)20-14-29-18-8-4-5-9-19(18)30-20/h2-9,20H,10-14H2,1H3,(H,23,26). The van der Waals surface area contributed by atoms with E-state index >= 15 is 0 Å². The topological polar surface area (TPSA) is 88.2 Å². The molecular weight excluding hydrogens is 386 g/mol. The zero-order valence-electron chi connectivity index (χ0n) is 16.7. The molecule has 0 bridgehead atoms. The van der Waals surface area contributed by atoms with Crippen LogP contribution in [0.15, 0.2) is 48.5 Å². The number of nitrogens with one attached hydrogen (secondary N) is 1. The fourth-order valence-electron chi connectivity index (χ4n) is 3.61. The maximum atomic E-state index is 12.9. The zero-order chi connectivity index (χ0) is 21.1.